The molecule has 3 heteroatoms. The summed E-state index contributed by atoms with van der Waals surface area (Å²) in [5.41, 5.74) is 0.645. The van der Waals surface area contributed by atoms with E-state index in [0.29, 0.717) is 5.41 Å². The van der Waals surface area contributed by atoms with Crippen molar-refractivity contribution in [2.24, 2.45) is 23.2 Å². The Kier molecular flexibility index (Phi) is 6.33. The Morgan fingerprint density at radius 2 is 1.65 bits per heavy atom. The van der Waals surface area contributed by atoms with Crippen molar-refractivity contribution in [3.05, 3.63) is 18.7 Å². The van der Waals surface area contributed by atoms with E-state index in [9.17, 15) is 0 Å². The third kappa shape index (κ3) is 4.34. The summed E-state index contributed by atoms with van der Waals surface area (Å²) in [4.78, 5) is 4.31. The lowest BCUT2D eigenvalue weighted by atomic mass is 9.48. The molecule has 4 fully saturated rings. The van der Waals surface area contributed by atoms with Crippen LogP contribution in [0, 0.1) is 23.2 Å². The number of nitrogens with zero attached hydrogens (tertiary/aromatic N) is 2. The Morgan fingerprint density at radius 3 is 2.27 bits per heavy atom. The Bertz CT molecular complexity index is 503. The van der Waals surface area contributed by atoms with Crippen LogP contribution < -0.4 is 0 Å². The third-order valence-electron chi connectivity index (χ3n) is 7.52. The van der Waals surface area contributed by atoms with Crippen LogP contribution in [-0.2, 0) is 6.54 Å². The van der Waals surface area contributed by atoms with Crippen LogP contribution in [0.5, 0.6) is 0 Å². The Labute approximate surface area is 164 Å². The lowest BCUT2D eigenvalue weighted by Gasteiger charge is -2.59. The Balaban J connectivity index is 1.35. The lowest BCUT2D eigenvalue weighted by Crippen LogP contribution is -2.51. The highest BCUT2D eigenvalue weighted by molar-refractivity contribution is 7.99. The largest absolute Gasteiger partial charge is 0.336 e. The van der Waals surface area contributed by atoms with Crippen LogP contribution >= 0.6 is 11.8 Å². The molecule has 0 saturated heterocycles. The van der Waals surface area contributed by atoms with Gasteiger partial charge in [-0.3, -0.25) is 0 Å². The van der Waals surface area contributed by atoms with Gasteiger partial charge in [0.15, 0.2) is 0 Å². The van der Waals surface area contributed by atoms with Gasteiger partial charge in [-0.05, 0) is 73.9 Å². The molecule has 0 spiro atoms. The Morgan fingerprint density at radius 1 is 1.00 bits per heavy atom. The van der Waals surface area contributed by atoms with Crippen molar-refractivity contribution in [3.63, 3.8) is 0 Å². The first-order valence-corrected chi connectivity index (χ1v) is 12.4. The van der Waals surface area contributed by atoms with Crippen molar-refractivity contribution in [1.29, 1.82) is 0 Å². The molecule has 5 rings (SSSR count). The van der Waals surface area contributed by atoms with Gasteiger partial charge in [-0.25, -0.2) is 4.98 Å². The first-order chi connectivity index (χ1) is 12.8. The molecule has 0 radical (unpaired) electrons. The number of rotatable bonds is 11. The number of unbranched alkanes of at least 4 members (excludes halogenated alkanes) is 5. The second-order valence-electron chi connectivity index (χ2n) is 9.67. The van der Waals surface area contributed by atoms with E-state index in [0.717, 1.165) is 23.0 Å². The van der Waals surface area contributed by atoms with E-state index in [-0.39, 0.29) is 0 Å². The normalized spacial score (nSPS) is 33.7. The molecule has 4 aliphatic carbocycles. The number of aromatic nitrogens is 2. The Hall–Kier alpha value is -0.440. The van der Waals surface area contributed by atoms with Crippen molar-refractivity contribution in [2.45, 2.75) is 95.8 Å². The van der Waals surface area contributed by atoms with Gasteiger partial charge in [-0.1, -0.05) is 39.0 Å². The predicted molar refractivity (Wildman–Crippen MR) is 112 cm³/mol. The maximum atomic E-state index is 4.31. The van der Waals surface area contributed by atoms with Crippen molar-refractivity contribution >= 4 is 11.8 Å². The zero-order valence-electron chi connectivity index (χ0n) is 16.7. The fourth-order valence-electron chi connectivity index (χ4n) is 6.69. The van der Waals surface area contributed by atoms with Crippen molar-refractivity contribution in [2.75, 3.05) is 5.75 Å². The maximum absolute atomic E-state index is 4.31. The van der Waals surface area contributed by atoms with Crippen molar-refractivity contribution in [3.8, 4) is 0 Å². The van der Waals surface area contributed by atoms with Gasteiger partial charge in [0.25, 0.3) is 0 Å². The number of thioether (sulfide) groups is 1. The second kappa shape index (κ2) is 8.71. The molecule has 4 saturated carbocycles. The highest BCUT2D eigenvalue weighted by Crippen LogP contribution is 2.63. The molecular formula is C23H38N2S. The first kappa shape index (κ1) is 18.9. The van der Waals surface area contributed by atoms with E-state index < -0.39 is 0 Å². The van der Waals surface area contributed by atoms with Crippen molar-refractivity contribution < 1.29 is 0 Å². The lowest BCUT2D eigenvalue weighted by molar-refractivity contribution is -0.0553. The summed E-state index contributed by atoms with van der Waals surface area (Å²) in [7, 11) is 0. The van der Waals surface area contributed by atoms with E-state index in [2.05, 4.69) is 34.4 Å². The minimum atomic E-state index is 0.645. The number of hydrogen-bond donors (Lipinski definition) is 0. The highest BCUT2D eigenvalue weighted by Gasteiger charge is 2.54. The summed E-state index contributed by atoms with van der Waals surface area (Å²) in [5, 5.41) is 0.806. The molecule has 0 N–H and O–H groups in total. The fourth-order valence-corrected chi connectivity index (χ4v) is 8.26. The molecule has 2 nitrogen and oxygen atoms in total. The topological polar surface area (TPSA) is 17.8 Å². The smallest absolute Gasteiger partial charge is 0.0946 e. The van der Waals surface area contributed by atoms with Gasteiger partial charge < -0.3 is 4.57 Å². The molecule has 0 amide bonds. The van der Waals surface area contributed by atoms with Gasteiger partial charge in [0, 0.05) is 24.2 Å². The summed E-state index contributed by atoms with van der Waals surface area (Å²) in [6.45, 7) is 3.49. The monoisotopic (exact) mass is 374 g/mol. The van der Waals surface area contributed by atoms with E-state index in [1.807, 2.05) is 12.5 Å². The highest BCUT2D eigenvalue weighted by atomic mass is 32.2. The predicted octanol–water partition coefficient (Wildman–Crippen LogP) is 6.56. The van der Waals surface area contributed by atoms with Gasteiger partial charge in [-0.15, -0.1) is 0 Å². The van der Waals surface area contributed by atoms with Gasteiger partial charge in [-0.2, -0.15) is 11.8 Å². The van der Waals surface area contributed by atoms with Gasteiger partial charge in [0.1, 0.15) is 0 Å². The van der Waals surface area contributed by atoms with Gasteiger partial charge in [0.2, 0.25) is 0 Å². The SMILES string of the molecule is CCCCCCCCSC(Cn1ccnc1)C12CC3CC(CC(C3)C1)C2. The summed E-state index contributed by atoms with van der Waals surface area (Å²) < 4.78 is 2.36. The minimum Gasteiger partial charge on any atom is -0.336 e. The fraction of sp³-hybridized carbons (Fsp3) is 0.870. The quantitative estimate of drug-likeness (QED) is 0.408. The molecule has 0 aromatic carbocycles. The van der Waals surface area contributed by atoms with Crippen LogP contribution in [0.4, 0.5) is 0 Å². The number of imidazole rings is 1. The van der Waals surface area contributed by atoms with E-state index >= 15 is 0 Å². The molecular weight excluding hydrogens is 336 g/mol. The zero-order valence-corrected chi connectivity index (χ0v) is 17.6. The molecule has 26 heavy (non-hydrogen) atoms. The summed E-state index contributed by atoms with van der Waals surface area (Å²) in [5.74, 6) is 4.54. The molecule has 4 bridgehead atoms. The molecule has 0 aliphatic heterocycles. The average Bonchev–Trinajstić information content (AvgIpc) is 3.12. The number of hydrogen-bond acceptors (Lipinski definition) is 2. The maximum Gasteiger partial charge on any atom is 0.0946 e. The van der Waals surface area contributed by atoms with Crippen LogP contribution in [0.3, 0.4) is 0 Å². The van der Waals surface area contributed by atoms with Crippen LogP contribution in [0.25, 0.3) is 0 Å². The molecule has 1 unspecified atom stereocenters. The van der Waals surface area contributed by atoms with Crippen LogP contribution in [0.2, 0.25) is 0 Å². The average molecular weight is 375 g/mol. The van der Waals surface area contributed by atoms with E-state index in [4.69, 9.17) is 0 Å². The molecule has 1 heterocycles. The molecule has 1 atom stereocenters. The van der Waals surface area contributed by atoms with E-state index in [1.54, 1.807) is 19.3 Å². The van der Waals surface area contributed by atoms with Crippen molar-refractivity contribution in [1.82, 2.24) is 9.55 Å². The first-order valence-electron chi connectivity index (χ1n) is 11.3. The second-order valence-corrected chi connectivity index (χ2v) is 11.0. The zero-order chi connectivity index (χ0) is 17.8. The van der Waals surface area contributed by atoms with Crippen LogP contribution in [-0.4, -0.2) is 20.6 Å². The minimum absolute atomic E-state index is 0.645. The van der Waals surface area contributed by atoms with Crippen LogP contribution in [0.15, 0.2) is 18.7 Å². The molecule has 1 aromatic heterocycles. The van der Waals surface area contributed by atoms with Gasteiger partial charge in [0.05, 0.1) is 6.33 Å². The molecule has 146 valence electrons. The van der Waals surface area contributed by atoms with Gasteiger partial charge >= 0.3 is 0 Å². The van der Waals surface area contributed by atoms with E-state index in [1.165, 1.54) is 70.1 Å². The third-order valence-corrected chi connectivity index (χ3v) is 9.10. The summed E-state index contributed by atoms with van der Waals surface area (Å²) in [6.07, 6.45) is 23.9. The summed E-state index contributed by atoms with van der Waals surface area (Å²) in [6, 6.07) is 0. The molecule has 4 aliphatic rings. The standard InChI is InChI=1S/C23H38N2S/c1-2-3-4-5-6-7-10-26-22(17-25-9-8-24-18-25)23-14-19-11-20(15-23)13-21(12-19)16-23/h8-9,18-22H,2-7,10-17H2,1H3. The molecule has 1 aromatic rings. The summed E-state index contributed by atoms with van der Waals surface area (Å²) >= 11 is 2.32. The van der Waals surface area contributed by atoms with Crippen LogP contribution in [0.1, 0.15) is 84.0 Å².